The summed E-state index contributed by atoms with van der Waals surface area (Å²) in [6.07, 6.45) is 3.69. The molecule has 198 valence electrons. The van der Waals surface area contributed by atoms with Gasteiger partial charge in [0.1, 0.15) is 17.7 Å². The number of benzene rings is 1. The van der Waals surface area contributed by atoms with E-state index in [1.165, 1.54) is 0 Å². The van der Waals surface area contributed by atoms with Crippen LogP contribution >= 0.6 is 0 Å². The maximum absolute atomic E-state index is 13.9. The van der Waals surface area contributed by atoms with Gasteiger partial charge in [0.15, 0.2) is 0 Å². The predicted octanol–water partition coefficient (Wildman–Crippen LogP) is 5.38. The van der Waals surface area contributed by atoms with Gasteiger partial charge in [-0.3, -0.25) is 9.59 Å². The van der Waals surface area contributed by atoms with Crippen LogP contribution in [0.4, 0.5) is 4.79 Å². The molecule has 0 aliphatic carbocycles. The van der Waals surface area contributed by atoms with E-state index < -0.39 is 23.8 Å². The van der Waals surface area contributed by atoms with Crippen molar-refractivity contribution < 1.29 is 19.1 Å². The molecule has 0 fully saturated rings. The fraction of sp³-hybridized carbons (Fsp3) is 0.679. The number of hydrogen-bond donors (Lipinski definition) is 2. The molecule has 0 saturated heterocycles. The molecule has 35 heavy (non-hydrogen) atoms. The average molecular weight is 490 g/mol. The van der Waals surface area contributed by atoms with Crippen LogP contribution in [0.3, 0.4) is 0 Å². The number of unbranched alkanes of at least 4 members (excludes halogenated alkanes) is 2. The summed E-state index contributed by atoms with van der Waals surface area (Å²) in [6.45, 7) is 16.3. The van der Waals surface area contributed by atoms with E-state index in [-0.39, 0.29) is 17.7 Å². The van der Waals surface area contributed by atoms with Crippen LogP contribution in [0.5, 0.6) is 0 Å². The average Bonchev–Trinajstić information content (AvgIpc) is 2.78. The van der Waals surface area contributed by atoms with E-state index in [0.29, 0.717) is 13.1 Å². The largest absolute Gasteiger partial charge is 0.444 e. The monoisotopic (exact) mass is 489 g/mol. The van der Waals surface area contributed by atoms with Crippen LogP contribution < -0.4 is 10.6 Å². The third-order valence-corrected chi connectivity index (χ3v) is 5.73. The molecule has 2 N–H and O–H groups in total. The standard InChI is InChI=1S/C28H47N3O4/c1-9-12-18-29-25(32)24(22-16-14-21(11-3)15-17-22)31(19-13-10-2)26(33)23(20(4)5)30-27(34)35-28(6,7)8/h14-17,20,23-24H,9-13,18-19H2,1-8H3,(H,29,32)(H,30,34). The molecule has 2 atom stereocenters. The van der Waals surface area contributed by atoms with Crippen molar-refractivity contribution in [2.75, 3.05) is 13.1 Å². The molecule has 7 heteroatoms. The summed E-state index contributed by atoms with van der Waals surface area (Å²) in [5.41, 5.74) is 1.25. The SMILES string of the molecule is CCCCNC(=O)C(c1ccc(CC)cc1)N(CCCC)C(=O)C(NC(=O)OC(C)(C)C)C(C)C. The van der Waals surface area contributed by atoms with Crippen LogP contribution in [-0.4, -0.2) is 47.5 Å². The molecule has 1 rings (SSSR count). The number of hydrogen-bond acceptors (Lipinski definition) is 4. The third-order valence-electron chi connectivity index (χ3n) is 5.73. The highest BCUT2D eigenvalue weighted by atomic mass is 16.6. The summed E-state index contributed by atoms with van der Waals surface area (Å²) in [5.74, 6) is -0.674. The Bertz CT molecular complexity index is 799. The lowest BCUT2D eigenvalue weighted by atomic mass is 9.97. The topological polar surface area (TPSA) is 87.7 Å². The molecule has 0 aliphatic heterocycles. The molecule has 7 nitrogen and oxygen atoms in total. The molecule has 0 radical (unpaired) electrons. The van der Waals surface area contributed by atoms with Crippen molar-refractivity contribution >= 4 is 17.9 Å². The first-order valence-corrected chi connectivity index (χ1v) is 13.1. The minimum absolute atomic E-state index is 0.189. The molecule has 0 bridgehead atoms. The lowest BCUT2D eigenvalue weighted by Crippen LogP contribution is -2.55. The molecule has 2 unspecified atom stereocenters. The Kier molecular flexibility index (Phi) is 12.8. The van der Waals surface area contributed by atoms with Gasteiger partial charge < -0.3 is 20.3 Å². The lowest BCUT2D eigenvalue weighted by Gasteiger charge is -2.35. The van der Waals surface area contributed by atoms with Crippen molar-refractivity contribution in [3.8, 4) is 0 Å². The molecule has 0 spiro atoms. The Hall–Kier alpha value is -2.57. The summed E-state index contributed by atoms with van der Waals surface area (Å²) in [7, 11) is 0. The van der Waals surface area contributed by atoms with E-state index in [1.807, 2.05) is 45.0 Å². The number of amides is 3. The van der Waals surface area contributed by atoms with Crippen molar-refractivity contribution in [3.63, 3.8) is 0 Å². The van der Waals surface area contributed by atoms with Gasteiger partial charge in [0.2, 0.25) is 11.8 Å². The first-order chi connectivity index (χ1) is 16.4. The fourth-order valence-electron chi connectivity index (χ4n) is 3.72. The third kappa shape index (κ3) is 10.3. The lowest BCUT2D eigenvalue weighted by molar-refractivity contribution is -0.143. The Morgan fingerprint density at radius 3 is 2.06 bits per heavy atom. The zero-order chi connectivity index (χ0) is 26.6. The predicted molar refractivity (Wildman–Crippen MR) is 141 cm³/mol. The van der Waals surface area contributed by atoms with Gasteiger partial charge >= 0.3 is 6.09 Å². The van der Waals surface area contributed by atoms with Gasteiger partial charge in [0, 0.05) is 13.1 Å². The van der Waals surface area contributed by atoms with Crippen molar-refractivity contribution in [1.29, 1.82) is 0 Å². The molecule has 3 amide bonds. The second-order valence-electron chi connectivity index (χ2n) is 10.4. The number of ether oxygens (including phenoxy) is 1. The maximum atomic E-state index is 13.9. The van der Waals surface area contributed by atoms with Gasteiger partial charge in [0.05, 0.1) is 0 Å². The highest BCUT2D eigenvalue weighted by Crippen LogP contribution is 2.25. The molecule has 0 aliphatic rings. The number of carbonyl (C=O) groups is 3. The van der Waals surface area contributed by atoms with E-state index in [4.69, 9.17) is 4.74 Å². The Morgan fingerprint density at radius 1 is 0.971 bits per heavy atom. The number of nitrogens with one attached hydrogen (secondary N) is 2. The van der Waals surface area contributed by atoms with E-state index >= 15 is 0 Å². The van der Waals surface area contributed by atoms with Gasteiger partial charge in [-0.15, -0.1) is 0 Å². The highest BCUT2D eigenvalue weighted by molar-refractivity contribution is 5.92. The van der Waals surface area contributed by atoms with Gasteiger partial charge in [-0.25, -0.2) is 4.79 Å². The molecule has 0 heterocycles. The summed E-state index contributed by atoms with van der Waals surface area (Å²) >= 11 is 0. The Morgan fingerprint density at radius 2 is 1.57 bits per heavy atom. The Balaban J connectivity index is 3.39. The zero-order valence-electron chi connectivity index (χ0n) is 23.1. The molecule has 1 aromatic rings. The van der Waals surface area contributed by atoms with Crippen LogP contribution in [-0.2, 0) is 20.7 Å². The van der Waals surface area contributed by atoms with Crippen LogP contribution in [0.15, 0.2) is 24.3 Å². The maximum Gasteiger partial charge on any atom is 0.408 e. The van der Waals surface area contributed by atoms with Crippen molar-refractivity contribution in [2.45, 2.75) is 105 Å². The number of alkyl carbamates (subject to hydrolysis) is 1. The summed E-state index contributed by atoms with van der Waals surface area (Å²) in [5, 5.41) is 5.78. The minimum atomic E-state index is -0.817. The molecule has 1 aromatic carbocycles. The van der Waals surface area contributed by atoms with Gasteiger partial charge in [-0.1, -0.05) is 71.7 Å². The summed E-state index contributed by atoms with van der Waals surface area (Å²) < 4.78 is 5.41. The number of aryl methyl sites for hydroxylation is 1. The van der Waals surface area contributed by atoms with E-state index in [1.54, 1.807) is 25.7 Å². The summed E-state index contributed by atoms with van der Waals surface area (Å²) in [6, 6.07) is 6.27. The second-order valence-corrected chi connectivity index (χ2v) is 10.4. The van der Waals surface area contributed by atoms with Gasteiger partial charge in [0.25, 0.3) is 0 Å². The van der Waals surface area contributed by atoms with E-state index in [0.717, 1.165) is 43.2 Å². The first-order valence-electron chi connectivity index (χ1n) is 13.1. The second kappa shape index (κ2) is 14.7. The molecule has 0 aromatic heterocycles. The molecule has 0 saturated carbocycles. The van der Waals surface area contributed by atoms with Gasteiger partial charge in [-0.05, 0) is 57.1 Å². The Labute approximate surface area is 212 Å². The van der Waals surface area contributed by atoms with Crippen molar-refractivity contribution in [2.24, 2.45) is 5.92 Å². The molecular formula is C28H47N3O4. The minimum Gasteiger partial charge on any atom is -0.444 e. The normalized spacial score (nSPS) is 13.2. The first kappa shape index (κ1) is 30.5. The van der Waals surface area contributed by atoms with E-state index in [9.17, 15) is 14.4 Å². The smallest absolute Gasteiger partial charge is 0.408 e. The molecular weight excluding hydrogens is 442 g/mol. The van der Waals surface area contributed by atoms with Crippen molar-refractivity contribution in [1.82, 2.24) is 15.5 Å². The number of nitrogens with zero attached hydrogens (tertiary/aromatic N) is 1. The van der Waals surface area contributed by atoms with Gasteiger partial charge in [-0.2, -0.15) is 0 Å². The zero-order valence-corrected chi connectivity index (χ0v) is 23.1. The number of rotatable bonds is 13. The quantitative estimate of drug-likeness (QED) is 0.364. The van der Waals surface area contributed by atoms with Crippen LogP contribution in [0, 0.1) is 5.92 Å². The highest BCUT2D eigenvalue weighted by Gasteiger charge is 2.37. The number of carbonyl (C=O) groups excluding carboxylic acids is 3. The fourth-order valence-corrected chi connectivity index (χ4v) is 3.72. The van der Waals surface area contributed by atoms with Crippen LogP contribution in [0.25, 0.3) is 0 Å². The van der Waals surface area contributed by atoms with Crippen molar-refractivity contribution in [3.05, 3.63) is 35.4 Å². The van der Waals surface area contributed by atoms with Crippen LogP contribution in [0.1, 0.15) is 98.2 Å². The van der Waals surface area contributed by atoms with E-state index in [2.05, 4.69) is 24.5 Å². The van der Waals surface area contributed by atoms with Crippen LogP contribution in [0.2, 0.25) is 0 Å². The summed E-state index contributed by atoms with van der Waals surface area (Å²) in [4.78, 5) is 41.6.